The second-order valence-electron chi connectivity index (χ2n) is 7.52. The smallest absolute Gasteiger partial charge is 0.411 e. The first-order valence-corrected chi connectivity index (χ1v) is 10.0. The van der Waals surface area contributed by atoms with Crippen molar-refractivity contribution in [2.45, 2.75) is 32.5 Å². The lowest BCUT2D eigenvalue weighted by molar-refractivity contribution is -0.121. The SMILES string of the molecule is Cc1cccc(NC(=O)C2Cc3ccccc3CN2C(=O)OCc2ccccc2)c1. The Kier molecular flexibility index (Phi) is 5.80. The third kappa shape index (κ3) is 4.51. The number of fused-ring (bicyclic) bond motifs is 1. The van der Waals surface area contributed by atoms with Crippen LogP contribution in [0, 0.1) is 6.92 Å². The maximum atomic E-state index is 13.1. The Balaban J connectivity index is 1.53. The van der Waals surface area contributed by atoms with E-state index in [1.165, 1.54) is 4.90 Å². The van der Waals surface area contributed by atoms with E-state index in [1.807, 2.05) is 85.8 Å². The van der Waals surface area contributed by atoms with Crippen LogP contribution in [-0.4, -0.2) is 22.9 Å². The summed E-state index contributed by atoms with van der Waals surface area (Å²) >= 11 is 0. The molecular formula is C25H24N2O3. The van der Waals surface area contributed by atoms with Gasteiger partial charge < -0.3 is 10.1 Å². The van der Waals surface area contributed by atoms with Gasteiger partial charge in [-0.05, 0) is 41.3 Å². The van der Waals surface area contributed by atoms with Gasteiger partial charge in [-0.2, -0.15) is 0 Å². The molecule has 4 rings (SSSR count). The van der Waals surface area contributed by atoms with Crippen LogP contribution in [0.2, 0.25) is 0 Å². The van der Waals surface area contributed by atoms with Crippen LogP contribution in [-0.2, 0) is 29.1 Å². The van der Waals surface area contributed by atoms with Gasteiger partial charge in [0.2, 0.25) is 5.91 Å². The third-order valence-electron chi connectivity index (χ3n) is 5.28. The molecule has 5 nitrogen and oxygen atoms in total. The molecule has 0 saturated carbocycles. The van der Waals surface area contributed by atoms with Crippen molar-refractivity contribution in [3.8, 4) is 0 Å². The van der Waals surface area contributed by atoms with E-state index in [0.29, 0.717) is 13.0 Å². The normalized spacial score (nSPS) is 15.2. The Bertz CT molecular complexity index is 1050. The van der Waals surface area contributed by atoms with Crippen molar-refractivity contribution in [3.63, 3.8) is 0 Å². The number of amides is 2. The molecule has 30 heavy (non-hydrogen) atoms. The number of nitrogens with one attached hydrogen (secondary N) is 1. The van der Waals surface area contributed by atoms with Crippen molar-refractivity contribution >= 4 is 17.7 Å². The molecule has 0 bridgehead atoms. The summed E-state index contributed by atoms with van der Waals surface area (Å²) in [6.07, 6.45) is -0.0356. The van der Waals surface area contributed by atoms with Crippen molar-refractivity contribution in [1.29, 1.82) is 0 Å². The summed E-state index contributed by atoms with van der Waals surface area (Å²) in [6, 6.07) is 24.4. The number of nitrogens with zero attached hydrogens (tertiary/aromatic N) is 1. The third-order valence-corrected chi connectivity index (χ3v) is 5.28. The van der Waals surface area contributed by atoms with E-state index < -0.39 is 12.1 Å². The summed E-state index contributed by atoms with van der Waals surface area (Å²) in [7, 11) is 0. The summed E-state index contributed by atoms with van der Waals surface area (Å²) in [6.45, 7) is 2.49. The van der Waals surface area contributed by atoms with Crippen molar-refractivity contribution in [2.24, 2.45) is 0 Å². The molecule has 1 unspecified atom stereocenters. The Morgan fingerprint density at radius 1 is 0.967 bits per heavy atom. The Morgan fingerprint density at radius 2 is 1.70 bits per heavy atom. The molecule has 0 radical (unpaired) electrons. The topological polar surface area (TPSA) is 58.6 Å². The molecule has 152 valence electrons. The summed E-state index contributed by atoms with van der Waals surface area (Å²) in [5.41, 5.74) is 4.80. The second kappa shape index (κ2) is 8.82. The number of carbonyl (C=O) groups is 2. The molecule has 0 spiro atoms. The molecule has 0 saturated heterocycles. The fraction of sp³-hybridized carbons (Fsp3) is 0.200. The molecule has 1 aliphatic rings. The lowest BCUT2D eigenvalue weighted by atomic mass is 9.94. The quantitative estimate of drug-likeness (QED) is 0.691. The van der Waals surface area contributed by atoms with E-state index in [0.717, 1.165) is 27.9 Å². The minimum absolute atomic E-state index is 0.171. The van der Waals surface area contributed by atoms with Gasteiger partial charge in [0, 0.05) is 12.1 Å². The number of anilines is 1. The number of hydrogen-bond donors (Lipinski definition) is 1. The number of rotatable bonds is 4. The summed E-state index contributed by atoms with van der Waals surface area (Å²) in [5.74, 6) is -0.216. The largest absolute Gasteiger partial charge is 0.445 e. The van der Waals surface area contributed by atoms with E-state index in [1.54, 1.807) is 0 Å². The molecule has 0 fully saturated rings. The molecule has 1 atom stereocenters. The molecule has 5 heteroatoms. The Hall–Kier alpha value is -3.60. The highest BCUT2D eigenvalue weighted by Crippen LogP contribution is 2.25. The van der Waals surface area contributed by atoms with Crippen LogP contribution >= 0.6 is 0 Å². The molecular weight excluding hydrogens is 376 g/mol. The van der Waals surface area contributed by atoms with Crippen molar-refractivity contribution in [1.82, 2.24) is 4.90 Å². The maximum Gasteiger partial charge on any atom is 0.411 e. The summed E-state index contributed by atoms with van der Waals surface area (Å²) < 4.78 is 5.54. The zero-order chi connectivity index (χ0) is 20.9. The van der Waals surface area contributed by atoms with E-state index in [2.05, 4.69) is 5.32 Å². The molecule has 0 aromatic heterocycles. The van der Waals surface area contributed by atoms with E-state index in [4.69, 9.17) is 4.74 Å². The standard InChI is InChI=1S/C25H24N2O3/c1-18-8-7-13-22(14-18)26-24(28)23-15-20-11-5-6-12-21(20)16-27(23)25(29)30-17-19-9-3-2-4-10-19/h2-14,23H,15-17H2,1H3,(H,26,28). The second-order valence-corrected chi connectivity index (χ2v) is 7.52. The van der Waals surface area contributed by atoms with E-state index in [9.17, 15) is 9.59 Å². The Labute approximate surface area is 176 Å². The van der Waals surface area contributed by atoms with Gasteiger partial charge in [0.05, 0.1) is 6.54 Å². The van der Waals surface area contributed by atoms with E-state index in [-0.39, 0.29) is 12.5 Å². The van der Waals surface area contributed by atoms with Gasteiger partial charge in [-0.25, -0.2) is 4.79 Å². The molecule has 3 aromatic rings. The van der Waals surface area contributed by atoms with Gasteiger partial charge in [-0.3, -0.25) is 9.69 Å². The average Bonchev–Trinajstić information content (AvgIpc) is 2.77. The fourth-order valence-electron chi connectivity index (χ4n) is 3.70. The van der Waals surface area contributed by atoms with Gasteiger partial charge in [0.15, 0.2) is 0 Å². The lowest BCUT2D eigenvalue weighted by Crippen LogP contribution is -2.50. The Morgan fingerprint density at radius 3 is 2.47 bits per heavy atom. The zero-order valence-corrected chi connectivity index (χ0v) is 16.9. The van der Waals surface area contributed by atoms with Gasteiger partial charge in [0.1, 0.15) is 12.6 Å². The van der Waals surface area contributed by atoms with Gasteiger partial charge in [0.25, 0.3) is 0 Å². The molecule has 1 aliphatic heterocycles. The van der Waals surface area contributed by atoms with Gasteiger partial charge in [-0.1, -0.05) is 66.7 Å². The average molecular weight is 400 g/mol. The number of aryl methyl sites for hydroxylation is 1. The minimum Gasteiger partial charge on any atom is -0.445 e. The van der Waals surface area contributed by atoms with Crippen LogP contribution < -0.4 is 5.32 Å². The minimum atomic E-state index is -0.635. The van der Waals surface area contributed by atoms with Crippen molar-refractivity contribution in [3.05, 3.63) is 101 Å². The summed E-state index contributed by atoms with van der Waals surface area (Å²) in [5, 5.41) is 2.95. The highest BCUT2D eigenvalue weighted by atomic mass is 16.6. The summed E-state index contributed by atoms with van der Waals surface area (Å²) in [4.78, 5) is 27.6. The fourth-order valence-corrected chi connectivity index (χ4v) is 3.70. The van der Waals surface area contributed by atoms with Crippen LogP contribution in [0.15, 0.2) is 78.9 Å². The predicted octanol–water partition coefficient (Wildman–Crippen LogP) is 4.70. The molecule has 0 aliphatic carbocycles. The zero-order valence-electron chi connectivity index (χ0n) is 16.9. The monoisotopic (exact) mass is 400 g/mol. The van der Waals surface area contributed by atoms with Crippen LogP contribution in [0.3, 0.4) is 0 Å². The van der Waals surface area contributed by atoms with Crippen LogP contribution in [0.1, 0.15) is 22.3 Å². The van der Waals surface area contributed by atoms with E-state index >= 15 is 0 Å². The first kappa shape index (κ1) is 19.7. The highest BCUT2D eigenvalue weighted by molar-refractivity contribution is 5.97. The van der Waals surface area contributed by atoms with Crippen molar-refractivity contribution < 1.29 is 14.3 Å². The van der Waals surface area contributed by atoms with Crippen molar-refractivity contribution in [2.75, 3.05) is 5.32 Å². The number of ether oxygens (including phenoxy) is 1. The predicted molar refractivity (Wildman–Crippen MR) is 116 cm³/mol. The van der Waals surface area contributed by atoms with Crippen LogP contribution in [0.25, 0.3) is 0 Å². The first-order chi connectivity index (χ1) is 14.6. The maximum absolute atomic E-state index is 13.1. The molecule has 1 N–H and O–H groups in total. The lowest BCUT2D eigenvalue weighted by Gasteiger charge is -2.35. The van der Waals surface area contributed by atoms with Gasteiger partial charge >= 0.3 is 6.09 Å². The molecule has 2 amide bonds. The van der Waals surface area contributed by atoms with Crippen LogP contribution in [0.5, 0.6) is 0 Å². The first-order valence-electron chi connectivity index (χ1n) is 10.0. The molecule has 1 heterocycles. The van der Waals surface area contributed by atoms with Gasteiger partial charge in [-0.15, -0.1) is 0 Å². The number of carbonyl (C=O) groups excluding carboxylic acids is 2. The molecule has 3 aromatic carbocycles. The van der Waals surface area contributed by atoms with Crippen LogP contribution in [0.4, 0.5) is 10.5 Å². The highest BCUT2D eigenvalue weighted by Gasteiger charge is 2.35. The number of hydrogen-bond acceptors (Lipinski definition) is 3. The number of benzene rings is 3.